The third kappa shape index (κ3) is 1.89. The summed E-state index contributed by atoms with van der Waals surface area (Å²) in [6.07, 6.45) is 0. The Labute approximate surface area is 116 Å². The van der Waals surface area contributed by atoms with Crippen LogP contribution >= 0.6 is 15.9 Å². The summed E-state index contributed by atoms with van der Waals surface area (Å²) in [4.78, 5) is 0. The van der Waals surface area contributed by atoms with Crippen molar-refractivity contribution in [3.05, 3.63) is 59.7 Å². The van der Waals surface area contributed by atoms with Crippen LogP contribution in [0.25, 0.3) is 0 Å². The smallest absolute Gasteiger partial charge is 0.131 e. The minimum atomic E-state index is -0.228. The van der Waals surface area contributed by atoms with E-state index >= 15 is 0 Å². The summed E-state index contributed by atoms with van der Waals surface area (Å²) in [5, 5.41) is 8.00. The van der Waals surface area contributed by atoms with E-state index < -0.39 is 0 Å². The van der Waals surface area contributed by atoms with E-state index in [1.165, 1.54) is 16.8 Å². The van der Waals surface area contributed by atoms with Crippen molar-refractivity contribution in [2.24, 2.45) is 0 Å². The molecule has 0 radical (unpaired) electrons. The second-order valence-electron chi connectivity index (χ2n) is 4.75. The quantitative estimate of drug-likeness (QED) is 0.809. The standard InChI is InChI=1S/C15H15BrN2/c1-15(12-5-3-2-4-6-12)17-13-8-7-11(10-16)9-14(13)18-15/h2-9,17-18H,10H2,1H3. The van der Waals surface area contributed by atoms with Crippen LogP contribution in [0.3, 0.4) is 0 Å². The van der Waals surface area contributed by atoms with E-state index in [9.17, 15) is 0 Å². The van der Waals surface area contributed by atoms with Crippen LogP contribution in [0.1, 0.15) is 18.1 Å². The normalized spacial score (nSPS) is 21.0. The largest absolute Gasteiger partial charge is 0.358 e. The molecule has 0 saturated carbocycles. The maximum atomic E-state index is 3.57. The van der Waals surface area contributed by atoms with Gasteiger partial charge < -0.3 is 10.6 Å². The van der Waals surface area contributed by atoms with Crippen molar-refractivity contribution >= 4 is 27.3 Å². The number of rotatable bonds is 2. The van der Waals surface area contributed by atoms with Crippen molar-refractivity contribution in [3.8, 4) is 0 Å². The molecule has 2 N–H and O–H groups in total. The Bertz CT molecular complexity index is 568. The summed E-state index contributed by atoms with van der Waals surface area (Å²) in [5.41, 5.74) is 4.61. The van der Waals surface area contributed by atoms with E-state index in [-0.39, 0.29) is 5.66 Å². The first-order valence-corrected chi connectivity index (χ1v) is 7.14. The molecule has 0 aliphatic carbocycles. The fraction of sp³-hybridized carbons (Fsp3) is 0.200. The number of fused-ring (bicyclic) bond motifs is 1. The fourth-order valence-corrected chi connectivity index (χ4v) is 2.72. The number of alkyl halides is 1. The highest BCUT2D eigenvalue weighted by Crippen LogP contribution is 2.39. The lowest BCUT2D eigenvalue weighted by molar-refractivity contribution is 0.651. The number of halogens is 1. The number of hydrogen-bond donors (Lipinski definition) is 2. The lowest BCUT2D eigenvalue weighted by Crippen LogP contribution is -2.34. The van der Waals surface area contributed by atoms with Crippen molar-refractivity contribution in [1.29, 1.82) is 0 Å². The molecule has 2 nitrogen and oxygen atoms in total. The molecule has 1 aliphatic rings. The molecule has 1 heterocycles. The molecule has 3 rings (SSSR count). The van der Waals surface area contributed by atoms with Gasteiger partial charge >= 0.3 is 0 Å². The molecule has 0 amide bonds. The first-order chi connectivity index (χ1) is 8.71. The van der Waals surface area contributed by atoms with Crippen LogP contribution in [0.2, 0.25) is 0 Å². The second kappa shape index (κ2) is 4.32. The average molecular weight is 303 g/mol. The van der Waals surface area contributed by atoms with Crippen LogP contribution in [-0.2, 0) is 11.0 Å². The van der Waals surface area contributed by atoms with Gasteiger partial charge in [0.15, 0.2) is 0 Å². The minimum absolute atomic E-state index is 0.228. The van der Waals surface area contributed by atoms with Crippen LogP contribution < -0.4 is 10.6 Å². The summed E-state index contributed by atoms with van der Waals surface area (Å²) in [5.74, 6) is 0. The minimum Gasteiger partial charge on any atom is -0.358 e. The maximum absolute atomic E-state index is 3.57. The zero-order chi connectivity index (χ0) is 12.6. The van der Waals surface area contributed by atoms with E-state index in [0.717, 1.165) is 11.0 Å². The second-order valence-corrected chi connectivity index (χ2v) is 5.32. The lowest BCUT2D eigenvalue weighted by Gasteiger charge is -2.26. The number of benzene rings is 2. The Hall–Kier alpha value is -1.48. The monoisotopic (exact) mass is 302 g/mol. The fourth-order valence-electron chi connectivity index (χ4n) is 2.37. The number of anilines is 2. The third-order valence-corrected chi connectivity index (χ3v) is 4.01. The zero-order valence-electron chi connectivity index (χ0n) is 10.2. The number of hydrogen-bond acceptors (Lipinski definition) is 2. The van der Waals surface area contributed by atoms with Gasteiger partial charge in [0.1, 0.15) is 5.66 Å². The Morgan fingerprint density at radius 1 is 1.00 bits per heavy atom. The van der Waals surface area contributed by atoms with Crippen molar-refractivity contribution in [2.75, 3.05) is 10.6 Å². The van der Waals surface area contributed by atoms with E-state index in [2.05, 4.69) is 76.0 Å². The van der Waals surface area contributed by atoms with Crippen molar-refractivity contribution in [1.82, 2.24) is 0 Å². The molecule has 0 bridgehead atoms. The molecular formula is C15H15BrN2. The molecule has 0 fully saturated rings. The highest BCUT2D eigenvalue weighted by Gasteiger charge is 2.32. The highest BCUT2D eigenvalue weighted by atomic mass is 79.9. The Morgan fingerprint density at radius 3 is 2.44 bits per heavy atom. The van der Waals surface area contributed by atoms with Gasteiger partial charge in [0, 0.05) is 5.33 Å². The molecule has 1 unspecified atom stereocenters. The molecule has 92 valence electrons. The van der Waals surface area contributed by atoms with Gasteiger partial charge in [-0.05, 0) is 30.2 Å². The van der Waals surface area contributed by atoms with E-state index in [4.69, 9.17) is 0 Å². The average Bonchev–Trinajstić information content (AvgIpc) is 2.76. The van der Waals surface area contributed by atoms with Gasteiger partial charge in [0.2, 0.25) is 0 Å². The van der Waals surface area contributed by atoms with Crippen LogP contribution in [0.4, 0.5) is 11.4 Å². The first kappa shape index (κ1) is 11.6. The van der Waals surface area contributed by atoms with Crippen LogP contribution in [0, 0.1) is 0 Å². The molecule has 2 aromatic rings. The summed E-state index contributed by atoms with van der Waals surface area (Å²) in [6.45, 7) is 2.16. The van der Waals surface area contributed by atoms with Gasteiger partial charge in [-0.25, -0.2) is 0 Å². The molecular weight excluding hydrogens is 288 g/mol. The summed E-state index contributed by atoms with van der Waals surface area (Å²) in [6, 6.07) is 16.9. The predicted molar refractivity (Wildman–Crippen MR) is 80.1 cm³/mol. The van der Waals surface area contributed by atoms with Gasteiger partial charge in [-0.2, -0.15) is 0 Å². The molecule has 3 heteroatoms. The number of nitrogens with one attached hydrogen (secondary N) is 2. The predicted octanol–water partition coefficient (Wildman–Crippen LogP) is 4.29. The first-order valence-electron chi connectivity index (χ1n) is 6.02. The van der Waals surface area contributed by atoms with Gasteiger partial charge in [-0.1, -0.05) is 52.3 Å². The van der Waals surface area contributed by atoms with Crippen LogP contribution in [0.15, 0.2) is 48.5 Å². The summed E-state index contributed by atoms with van der Waals surface area (Å²) < 4.78 is 0. The SMILES string of the molecule is CC1(c2ccccc2)Nc2ccc(CBr)cc2N1. The molecule has 0 aromatic heterocycles. The van der Waals surface area contributed by atoms with E-state index in [1.807, 2.05) is 6.07 Å². The van der Waals surface area contributed by atoms with Gasteiger partial charge in [-0.15, -0.1) is 0 Å². The summed E-state index contributed by atoms with van der Waals surface area (Å²) >= 11 is 3.49. The summed E-state index contributed by atoms with van der Waals surface area (Å²) in [7, 11) is 0. The maximum Gasteiger partial charge on any atom is 0.131 e. The van der Waals surface area contributed by atoms with Crippen molar-refractivity contribution in [3.63, 3.8) is 0 Å². The molecule has 0 spiro atoms. The Kier molecular flexibility index (Phi) is 2.78. The highest BCUT2D eigenvalue weighted by molar-refractivity contribution is 9.08. The molecule has 18 heavy (non-hydrogen) atoms. The van der Waals surface area contributed by atoms with Crippen molar-refractivity contribution < 1.29 is 0 Å². The zero-order valence-corrected chi connectivity index (χ0v) is 11.8. The van der Waals surface area contributed by atoms with Crippen molar-refractivity contribution in [2.45, 2.75) is 17.9 Å². The molecule has 0 saturated heterocycles. The van der Waals surface area contributed by atoms with Gasteiger partial charge in [0.05, 0.1) is 11.4 Å². The van der Waals surface area contributed by atoms with Crippen LogP contribution in [0.5, 0.6) is 0 Å². The molecule has 2 aromatic carbocycles. The van der Waals surface area contributed by atoms with E-state index in [1.54, 1.807) is 0 Å². The Balaban J connectivity index is 1.97. The lowest BCUT2D eigenvalue weighted by atomic mass is 10.0. The van der Waals surface area contributed by atoms with E-state index in [0.29, 0.717) is 0 Å². The van der Waals surface area contributed by atoms with Gasteiger partial charge in [0.25, 0.3) is 0 Å². The van der Waals surface area contributed by atoms with Gasteiger partial charge in [-0.3, -0.25) is 0 Å². The molecule has 1 aliphatic heterocycles. The third-order valence-electron chi connectivity index (χ3n) is 3.36. The Morgan fingerprint density at radius 2 is 1.72 bits per heavy atom. The topological polar surface area (TPSA) is 24.1 Å². The van der Waals surface area contributed by atoms with Crippen LogP contribution in [-0.4, -0.2) is 0 Å². The molecule has 1 atom stereocenters.